The Balaban J connectivity index is 1.84. The molecule has 2 aromatic carbocycles. The van der Waals surface area contributed by atoms with E-state index >= 15 is 0 Å². The van der Waals surface area contributed by atoms with Gasteiger partial charge in [0.05, 0.1) is 42.0 Å². The number of nitrogens with zero attached hydrogens (tertiary/aromatic N) is 2. The van der Waals surface area contributed by atoms with E-state index < -0.39 is 28.8 Å². The lowest BCUT2D eigenvalue weighted by Crippen LogP contribution is -2.55. The molecule has 4 unspecified atom stereocenters. The Morgan fingerprint density at radius 1 is 0.878 bits per heavy atom. The summed E-state index contributed by atoms with van der Waals surface area (Å²) in [6.07, 6.45) is -0.0222. The fourth-order valence-electron chi connectivity index (χ4n) is 5.97. The number of ketones is 1. The average molecular weight is 712 g/mol. The third-order valence-corrected chi connectivity index (χ3v) is 11.8. The summed E-state index contributed by atoms with van der Waals surface area (Å²) < 4.78 is 12.0. The van der Waals surface area contributed by atoms with Crippen molar-refractivity contribution in [2.24, 2.45) is 11.3 Å². The van der Waals surface area contributed by atoms with Crippen molar-refractivity contribution in [2.45, 2.75) is 23.9 Å². The van der Waals surface area contributed by atoms with Crippen LogP contribution in [0, 0.1) is 34.0 Å². The van der Waals surface area contributed by atoms with E-state index in [9.17, 15) is 20.4 Å². The summed E-state index contributed by atoms with van der Waals surface area (Å²) >= 11 is 9.69. The number of aliphatic hydroxyl groups is 1. The Morgan fingerprint density at radius 2 is 1.41 bits per heavy atom. The molecule has 41 heavy (non-hydrogen) atoms. The van der Waals surface area contributed by atoms with Crippen molar-refractivity contribution in [2.75, 3.05) is 14.2 Å². The van der Waals surface area contributed by atoms with Gasteiger partial charge in [-0.05, 0) is 96.6 Å². The lowest BCUT2D eigenvalue weighted by atomic mass is 9.49. The molecule has 0 spiro atoms. The zero-order valence-electron chi connectivity index (χ0n) is 22.0. The molecule has 0 aliphatic heterocycles. The number of rotatable bonds is 7. The highest BCUT2D eigenvalue weighted by atomic mass is 79.9. The molecule has 4 atom stereocenters. The molecule has 1 fully saturated rings. The Bertz CT molecular complexity index is 1640. The molecule has 4 aromatic rings. The standard InChI is InChI=1S/C31H24Br2N2O4S2/c1-38-20-7-3-18(4-8-20)22-15-31(37,29-24(33)12-14-41-29)26(27(36)28-23(32)11-13-40-28)25(30(22,16-34)17-35)19-5-9-21(39-2)10-6-19/h3-14,22,25-26,37H,15H2,1-2H3. The summed E-state index contributed by atoms with van der Waals surface area (Å²) in [6.45, 7) is 0. The van der Waals surface area contributed by atoms with Crippen LogP contribution in [0.5, 0.6) is 11.5 Å². The molecule has 1 aliphatic carbocycles. The van der Waals surface area contributed by atoms with E-state index in [1.807, 2.05) is 23.6 Å². The number of hydrogen-bond acceptors (Lipinski definition) is 8. The van der Waals surface area contributed by atoms with Gasteiger partial charge in [0.25, 0.3) is 0 Å². The number of hydrogen-bond donors (Lipinski definition) is 1. The van der Waals surface area contributed by atoms with Crippen LogP contribution < -0.4 is 9.47 Å². The minimum absolute atomic E-state index is 0.0222. The predicted octanol–water partition coefficient (Wildman–Crippen LogP) is 8.04. The van der Waals surface area contributed by atoms with Gasteiger partial charge in [0.2, 0.25) is 0 Å². The zero-order chi connectivity index (χ0) is 29.4. The molecule has 1 aliphatic rings. The highest BCUT2D eigenvalue weighted by molar-refractivity contribution is 9.11. The van der Waals surface area contributed by atoms with Gasteiger partial charge < -0.3 is 14.6 Å². The topological polar surface area (TPSA) is 103 Å². The molecule has 0 bridgehead atoms. The molecule has 0 saturated heterocycles. The number of benzene rings is 2. The first-order valence-electron chi connectivity index (χ1n) is 12.6. The summed E-state index contributed by atoms with van der Waals surface area (Å²) in [5, 5.41) is 38.4. The van der Waals surface area contributed by atoms with Crippen LogP contribution in [0.15, 0.2) is 80.4 Å². The van der Waals surface area contributed by atoms with Crippen molar-refractivity contribution >= 4 is 60.3 Å². The molecule has 2 heterocycles. The van der Waals surface area contributed by atoms with Crippen molar-refractivity contribution in [3.63, 3.8) is 0 Å². The van der Waals surface area contributed by atoms with E-state index in [1.165, 1.54) is 22.7 Å². The maximum absolute atomic E-state index is 14.6. The summed E-state index contributed by atoms with van der Waals surface area (Å²) in [4.78, 5) is 15.6. The van der Waals surface area contributed by atoms with E-state index in [0.29, 0.717) is 41.3 Å². The van der Waals surface area contributed by atoms with Gasteiger partial charge in [0, 0.05) is 20.8 Å². The largest absolute Gasteiger partial charge is 0.497 e. The van der Waals surface area contributed by atoms with Crippen LogP contribution >= 0.6 is 54.5 Å². The Labute approximate surface area is 263 Å². The molecule has 208 valence electrons. The average Bonchev–Trinajstić information content (AvgIpc) is 3.64. The second-order valence-corrected chi connectivity index (χ2v) is 13.4. The lowest BCUT2D eigenvalue weighted by Gasteiger charge is -2.52. The van der Waals surface area contributed by atoms with Crippen molar-refractivity contribution in [1.29, 1.82) is 10.5 Å². The third-order valence-electron chi connectivity index (χ3n) is 7.90. The second kappa shape index (κ2) is 11.7. The van der Waals surface area contributed by atoms with E-state index in [1.54, 1.807) is 62.1 Å². The van der Waals surface area contributed by atoms with E-state index in [4.69, 9.17) is 9.47 Å². The number of thiophene rings is 2. The molecular weight excluding hydrogens is 688 g/mol. The quantitative estimate of drug-likeness (QED) is 0.195. The fraction of sp³-hybridized carbons (Fsp3) is 0.258. The Morgan fingerprint density at radius 3 is 1.88 bits per heavy atom. The summed E-state index contributed by atoms with van der Waals surface area (Å²) in [5.41, 5.74) is -2.14. The lowest BCUT2D eigenvalue weighted by molar-refractivity contribution is -0.0761. The van der Waals surface area contributed by atoms with Gasteiger partial charge in [0.15, 0.2) is 11.2 Å². The molecular formula is C31H24Br2N2O4S2. The molecule has 0 amide bonds. The molecule has 0 radical (unpaired) electrons. The first-order valence-corrected chi connectivity index (χ1v) is 15.9. The van der Waals surface area contributed by atoms with Crippen LogP contribution in [0.2, 0.25) is 0 Å². The molecule has 5 rings (SSSR count). The Hall–Kier alpha value is -2.99. The zero-order valence-corrected chi connectivity index (χ0v) is 26.8. The van der Waals surface area contributed by atoms with Crippen LogP contribution in [0.1, 0.15) is 43.9 Å². The number of ether oxygens (including phenoxy) is 2. The maximum Gasteiger partial charge on any atom is 0.180 e. The summed E-state index contributed by atoms with van der Waals surface area (Å²) in [6, 6.07) is 22.6. The highest BCUT2D eigenvalue weighted by Crippen LogP contribution is 2.64. The van der Waals surface area contributed by atoms with E-state index in [0.717, 1.165) is 0 Å². The third kappa shape index (κ3) is 4.92. The number of halogens is 2. The van der Waals surface area contributed by atoms with Gasteiger partial charge in [-0.25, -0.2) is 0 Å². The van der Waals surface area contributed by atoms with Gasteiger partial charge in [-0.1, -0.05) is 24.3 Å². The maximum atomic E-state index is 14.6. The normalized spacial score (nSPS) is 23.2. The monoisotopic (exact) mass is 710 g/mol. The SMILES string of the molecule is COc1ccc(C2CC(O)(c3sccc3Br)C(C(=O)c3sccc3Br)C(c3ccc(OC)cc3)C2(C#N)C#N)cc1. The van der Waals surface area contributed by atoms with Gasteiger partial charge in [0.1, 0.15) is 17.1 Å². The Kier molecular flexibility index (Phi) is 8.43. The first kappa shape index (κ1) is 29.5. The van der Waals surface area contributed by atoms with E-state index in [-0.39, 0.29) is 12.2 Å². The van der Waals surface area contributed by atoms with E-state index in [2.05, 4.69) is 44.0 Å². The second-order valence-electron chi connectivity index (χ2n) is 9.83. The van der Waals surface area contributed by atoms with Crippen molar-refractivity contribution in [3.8, 4) is 23.6 Å². The number of carbonyl (C=O) groups excluding carboxylic acids is 1. The van der Waals surface area contributed by atoms with Gasteiger partial charge in [-0.2, -0.15) is 10.5 Å². The van der Waals surface area contributed by atoms with Crippen molar-refractivity contribution < 1.29 is 19.4 Å². The van der Waals surface area contributed by atoms with Gasteiger partial charge >= 0.3 is 0 Å². The molecule has 2 aromatic heterocycles. The number of methoxy groups -OCH3 is 2. The fourth-order valence-corrected chi connectivity index (χ4v) is 9.39. The minimum atomic E-state index is -1.72. The minimum Gasteiger partial charge on any atom is -0.497 e. The number of carbonyl (C=O) groups is 1. The van der Waals surface area contributed by atoms with Crippen molar-refractivity contribution in [1.82, 2.24) is 0 Å². The van der Waals surface area contributed by atoms with Crippen LogP contribution in [0.3, 0.4) is 0 Å². The summed E-state index contributed by atoms with van der Waals surface area (Å²) in [5.74, 6) is -2.01. The van der Waals surface area contributed by atoms with Gasteiger partial charge in [-0.3, -0.25) is 4.79 Å². The molecule has 10 heteroatoms. The van der Waals surface area contributed by atoms with Crippen LogP contribution in [0.4, 0.5) is 0 Å². The highest BCUT2D eigenvalue weighted by Gasteiger charge is 2.65. The molecule has 1 N–H and O–H groups in total. The van der Waals surface area contributed by atoms with Crippen LogP contribution in [-0.4, -0.2) is 25.1 Å². The smallest absolute Gasteiger partial charge is 0.180 e. The number of nitriles is 2. The molecule has 6 nitrogen and oxygen atoms in total. The molecule has 1 saturated carbocycles. The summed E-state index contributed by atoms with van der Waals surface area (Å²) in [7, 11) is 3.12. The predicted molar refractivity (Wildman–Crippen MR) is 166 cm³/mol. The first-order chi connectivity index (χ1) is 19.7. The van der Waals surface area contributed by atoms with Crippen LogP contribution in [-0.2, 0) is 5.60 Å². The number of Topliss-reactive ketones (excluding diaryl/α,β-unsaturated/α-hetero) is 1. The van der Waals surface area contributed by atoms with Gasteiger partial charge in [-0.15, -0.1) is 22.7 Å². The van der Waals surface area contributed by atoms with Crippen molar-refractivity contribution in [3.05, 3.63) is 101 Å². The van der Waals surface area contributed by atoms with Crippen LogP contribution in [0.25, 0.3) is 0 Å².